The number of benzene rings is 2. The molecule has 0 heterocycles. The molecule has 20 heavy (non-hydrogen) atoms. The Hall–Kier alpha value is -2.07. The molecule has 4 heteroatoms. The fourth-order valence-corrected chi connectivity index (χ4v) is 2.11. The molecule has 0 radical (unpaired) electrons. The zero-order valence-electron chi connectivity index (χ0n) is 11.8. The minimum atomic E-state index is -0.733. The van der Waals surface area contributed by atoms with Crippen molar-refractivity contribution in [2.24, 2.45) is 0 Å². The zero-order chi connectivity index (χ0) is 14.7. The minimum Gasteiger partial charge on any atom is -0.478 e. The second-order valence-electron chi connectivity index (χ2n) is 4.66. The summed E-state index contributed by atoms with van der Waals surface area (Å²) >= 11 is 0. The van der Waals surface area contributed by atoms with Crippen LogP contribution in [-0.4, -0.2) is 24.3 Å². The molecule has 4 nitrogen and oxygen atoms in total. The number of esters is 1. The van der Waals surface area contributed by atoms with E-state index in [9.17, 15) is 9.90 Å². The second-order valence-corrected chi connectivity index (χ2v) is 4.66. The predicted molar refractivity (Wildman–Crippen MR) is 76.7 cm³/mol. The lowest BCUT2D eigenvalue weighted by molar-refractivity contribution is -0.147. The Kier molecular flexibility index (Phi) is 4.25. The molecule has 0 aromatic heterocycles. The molecule has 2 aromatic rings. The molecule has 0 aliphatic rings. The first kappa shape index (κ1) is 14.3. The highest BCUT2D eigenvalue weighted by Gasteiger charge is 2.20. The summed E-state index contributed by atoms with van der Waals surface area (Å²) in [6.07, 6.45) is -1.41. The quantitative estimate of drug-likeness (QED) is 0.871. The van der Waals surface area contributed by atoms with Crippen LogP contribution >= 0.6 is 0 Å². The van der Waals surface area contributed by atoms with Crippen molar-refractivity contribution in [3.8, 4) is 5.75 Å². The molecule has 0 spiro atoms. The maximum Gasteiger partial charge on any atom is 0.346 e. The highest BCUT2D eigenvalue weighted by molar-refractivity contribution is 5.90. The van der Waals surface area contributed by atoms with E-state index in [2.05, 4.69) is 4.74 Å². The fourth-order valence-electron chi connectivity index (χ4n) is 2.11. The number of carbonyl (C=O) groups is 1. The number of rotatable bonds is 4. The summed E-state index contributed by atoms with van der Waals surface area (Å²) in [5, 5.41) is 11.7. The number of hydrogen-bond donors (Lipinski definition) is 1. The van der Waals surface area contributed by atoms with Crippen molar-refractivity contribution in [1.29, 1.82) is 0 Å². The van der Waals surface area contributed by atoms with E-state index in [-0.39, 0.29) is 0 Å². The molecular formula is C16H18O4. The Morgan fingerprint density at radius 1 is 1.15 bits per heavy atom. The van der Waals surface area contributed by atoms with Crippen LogP contribution in [0.4, 0.5) is 0 Å². The Labute approximate surface area is 117 Å². The van der Waals surface area contributed by atoms with Crippen LogP contribution < -0.4 is 4.74 Å². The lowest BCUT2D eigenvalue weighted by Crippen LogP contribution is -2.25. The number of methoxy groups -OCH3 is 1. The molecule has 2 rings (SSSR count). The van der Waals surface area contributed by atoms with Gasteiger partial charge in [0, 0.05) is 10.9 Å². The Bertz CT molecular complexity index is 619. The fraction of sp³-hybridized carbons (Fsp3) is 0.312. The monoisotopic (exact) mass is 274 g/mol. The number of carbonyl (C=O) groups excluding carboxylic acids is 1. The van der Waals surface area contributed by atoms with Crippen LogP contribution in [0.5, 0.6) is 5.75 Å². The van der Waals surface area contributed by atoms with Crippen LogP contribution in [0.3, 0.4) is 0 Å². The van der Waals surface area contributed by atoms with Gasteiger partial charge in [-0.25, -0.2) is 4.79 Å². The van der Waals surface area contributed by atoms with Crippen molar-refractivity contribution in [3.63, 3.8) is 0 Å². The van der Waals surface area contributed by atoms with Gasteiger partial charge in [0.1, 0.15) is 5.75 Å². The van der Waals surface area contributed by atoms with E-state index >= 15 is 0 Å². The SMILES string of the molecule is COC(=O)C(C)Oc1c(C(C)O)ccc2ccccc12. The Morgan fingerprint density at radius 2 is 1.85 bits per heavy atom. The van der Waals surface area contributed by atoms with E-state index in [1.54, 1.807) is 13.8 Å². The van der Waals surface area contributed by atoms with E-state index in [0.717, 1.165) is 10.8 Å². The van der Waals surface area contributed by atoms with Crippen LogP contribution in [0.2, 0.25) is 0 Å². The van der Waals surface area contributed by atoms with Gasteiger partial charge in [0.05, 0.1) is 13.2 Å². The van der Waals surface area contributed by atoms with Gasteiger partial charge in [-0.1, -0.05) is 36.4 Å². The predicted octanol–water partition coefficient (Wildman–Crippen LogP) is 2.83. The maximum absolute atomic E-state index is 11.5. The summed E-state index contributed by atoms with van der Waals surface area (Å²) in [6, 6.07) is 11.4. The van der Waals surface area contributed by atoms with E-state index in [0.29, 0.717) is 11.3 Å². The Morgan fingerprint density at radius 3 is 2.50 bits per heavy atom. The van der Waals surface area contributed by atoms with E-state index in [4.69, 9.17) is 4.74 Å². The van der Waals surface area contributed by atoms with Gasteiger partial charge in [-0.3, -0.25) is 0 Å². The largest absolute Gasteiger partial charge is 0.478 e. The molecule has 0 amide bonds. The summed E-state index contributed by atoms with van der Waals surface area (Å²) in [7, 11) is 1.32. The summed E-state index contributed by atoms with van der Waals surface area (Å²) in [6.45, 7) is 3.29. The van der Waals surface area contributed by atoms with Gasteiger partial charge < -0.3 is 14.6 Å². The van der Waals surface area contributed by atoms with E-state index in [1.165, 1.54) is 7.11 Å². The van der Waals surface area contributed by atoms with Crippen LogP contribution in [-0.2, 0) is 9.53 Å². The summed E-state index contributed by atoms with van der Waals surface area (Å²) in [5.41, 5.74) is 0.652. The third kappa shape index (κ3) is 2.75. The van der Waals surface area contributed by atoms with Gasteiger partial charge in [0.15, 0.2) is 6.10 Å². The lowest BCUT2D eigenvalue weighted by atomic mass is 10.0. The van der Waals surface area contributed by atoms with Gasteiger partial charge in [-0.2, -0.15) is 0 Å². The van der Waals surface area contributed by atoms with Crippen LogP contribution in [0.25, 0.3) is 10.8 Å². The van der Waals surface area contributed by atoms with Gasteiger partial charge in [0.2, 0.25) is 0 Å². The zero-order valence-corrected chi connectivity index (χ0v) is 11.8. The van der Waals surface area contributed by atoms with Crippen molar-refractivity contribution >= 4 is 16.7 Å². The average molecular weight is 274 g/mol. The van der Waals surface area contributed by atoms with Crippen molar-refractivity contribution in [2.45, 2.75) is 26.1 Å². The van der Waals surface area contributed by atoms with Crippen LogP contribution in [0, 0.1) is 0 Å². The van der Waals surface area contributed by atoms with Gasteiger partial charge in [0.25, 0.3) is 0 Å². The first-order valence-corrected chi connectivity index (χ1v) is 6.48. The number of aliphatic hydroxyl groups is 1. The number of fused-ring (bicyclic) bond motifs is 1. The first-order valence-electron chi connectivity index (χ1n) is 6.48. The summed E-state index contributed by atoms with van der Waals surface area (Å²) in [5.74, 6) is 0.0745. The van der Waals surface area contributed by atoms with Gasteiger partial charge in [-0.05, 0) is 19.2 Å². The molecule has 0 aliphatic heterocycles. The number of hydrogen-bond acceptors (Lipinski definition) is 4. The van der Waals surface area contributed by atoms with Crippen LogP contribution in [0.15, 0.2) is 36.4 Å². The lowest BCUT2D eigenvalue weighted by Gasteiger charge is -2.19. The van der Waals surface area contributed by atoms with E-state index in [1.807, 2.05) is 36.4 Å². The minimum absolute atomic E-state index is 0.450. The first-order chi connectivity index (χ1) is 9.54. The molecule has 0 saturated carbocycles. The molecule has 2 unspecified atom stereocenters. The molecule has 106 valence electrons. The standard InChI is InChI=1S/C16H18O4/c1-10(17)13-9-8-12-6-4-5-7-14(12)15(13)20-11(2)16(18)19-3/h4-11,17H,1-3H3. The van der Waals surface area contributed by atoms with Crippen molar-refractivity contribution in [2.75, 3.05) is 7.11 Å². The average Bonchev–Trinajstić information content (AvgIpc) is 2.46. The number of ether oxygens (including phenoxy) is 2. The Balaban J connectivity index is 2.52. The third-order valence-electron chi connectivity index (χ3n) is 3.19. The van der Waals surface area contributed by atoms with Crippen molar-refractivity contribution in [1.82, 2.24) is 0 Å². The van der Waals surface area contributed by atoms with Gasteiger partial charge >= 0.3 is 5.97 Å². The maximum atomic E-state index is 11.5. The smallest absolute Gasteiger partial charge is 0.346 e. The van der Waals surface area contributed by atoms with Crippen molar-refractivity contribution in [3.05, 3.63) is 42.0 Å². The highest BCUT2D eigenvalue weighted by atomic mass is 16.6. The third-order valence-corrected chi connectivity index (χ3v) is 3.19. The van der Waals surface area contributed by atoms with E-state index < -0.39 is 18.2 Å². The molecule has 2 aromatic carbocycles. The molecule has 0 bridgehead atoms. The molecule has 0 aliphatic carbocycles. The highest BCUT2D eigenvalue weighted by Crippen LogP contribution is 2.34. The molecule has 0 saturated heterocycles. The summed E-state index contributed by atoms with van der Waals surface area (Å²) < 4.78 is 10.4. The topological polar surface area (TPSA) is 55.8 Å². The van der Waals surface area contributed by atoms with Crippen molar-refractivity contribution < 1.29 is 19.4 Å². The molecule has 2 atom stereocenters. The van der Waals surface area contributed by atoms with Crippen LogP contribution in [0.1, 0.15) is 25.5 Å². The molecule has 0 fully saturated rings. The summed E-state index contributed by atoms with van der Waals surface area (Å²) in [4.78, 5) is 11.5. The normalized spacial score (nSPS) is 13.8. The van der Waals surface area contributed by atoms with Gasteiger partial charge in [-0.15, -0.1) is 0 Å². The molecular weight excluding hydrogens is 256 g/mol. The number of aliphatic hydroxyl groups excluding tert-OH is 1. The molecule has 1 N–H and O–H groups in total. The second kappa shape index (κ2) is 5.92.